The average Bonchev–Trinajstić information content (AvgIpc) is 2.26. The minimum absolute atomic E-state index is 0.0496. The molecule has 0 unspecified atom stereocenters. The van der Waals surface area contributed by atoms with Crippen LogP contribution in [0.4, 0.5) is 0 Å². The van der Waals surface area contributed by atoms with Gasteiger partial charge in [0, 0.05) is 5.02 Å². The molecule has 1 aromatic rings. The maximum Gasteiger partial charge on any atom is 0.323 e. The van der Waals surface area contributed by atoms with Gasteiger partial charge >= 0.3 is 5.97 Å². The largest absolute Gasteiger partial charge is 0.480 e. The van der Waals surface area contributed by atoms with E-state index >= 15 is 0 Å². The molecule has 1 aromatic carbocycles. The number of halogens is 2. The number of nitrogens with two attached hydrogens (primary N) is 1. The van der Waals surface area contributed by atoms with Gasteiger partial charge in [0.25, 0.3) is 5.91 Å². The molecule has 0 saturated heterocycles. The molecule has 0 saturated carbocycles. The summed E-state index contributed by atoms with van der Waals surface area (Å²) in [5.74, 6) is -2.79. The Morgan fingerprint density at radius 3 is 2.32 bits per heavy atom. The molecular weight excluding hydrogens is 295 g/mol. The standard InChI is InChI=1S/C11H10Cl2N2O4/c12-6-1-2-7(8(13)3-6)11(19)15(4-9(14)16)5-10(17)18/h1-3H,4-5H2,(H2,14,16)(H,17,18). The Balaban J connectivity index is 3.04. The molecule has 0 radical (unpaired) electrons. The summed E-state index contributed by atoms with van der Waals surface area (Å²) in [7, 11) is 0. The Morgan fingerprint density at radius 1 is 1.21 bits per heavy atom. The molecule has 102 valence electrons. The fourth-order valence-corrected chi connectivity index (χ4v) is 1.87. The summed E-state index contributed by atoms with van der Waals surface area (Å²) in [5.41, 5.74) is 5.02. The van der Waals surface area contributed by atoms with E-state index < -0.39 is 30.9 Å². The van der Waals surface area contributed by atoms with Crippen LogP contribution in [0.15, 0.2) is 18.2 Å². The first-order chi connectivity index (χ1) is 8.81. The highest BCUT2D eigenvalue weighted by Gasteiger charge is 2.22. The van der Waals surface area contributed by atoms with Gasteiger partial charge in [-0.25, -0.2) is 0 Å². The average molecular weight is 305 g/mol. The van der Waals surface area contributed by atoms with Crippen molar-refractivity contribution in [1.29, 1.82) is 0 Å². The first kappa shape index (κ1) is 15.3. The predicted octanol–water partition coefficient (Wildman–Crippen LogP) is 1.01. The van der Waals surface area contributed by atoms with E-state index in [-0.39, 0.29) is 10.6 Å². The molecule has 0 aromatic heterocycles. The van der Waals surface area contributed by atoms with Crippen LogP contribution >= 0.6 is 23.2 Å². The van der Waals surface area contributed by atoms with E-state index in [1.807, 2.05) is 0 Å². The lowest BCUT2D eigenvalue weighted by atomic mass is 10.2. The van der Waals surface area contributed by atoms with Gasteiger partial charge in [0.05, 0.1) is 10.6 Å². The van der Waals surface area contributed by atoms with E-state index in [0.29, 0.717) is 5.02 Å². The molecule has 3 N–H and O–H groups in total. The number of carbonyl (C=O) groups excluding carboxylic acids is 2. The number of amides is 2. The van der Waals surface area contributed by atoms with E-state index in [4.69, 9.17) is 34.0 Å². The first-order valence-electron chi connectivity index (χ1n) is 5.05. The van der Waals surface area contributed by atoms with Crippen LogP contribution in [0.5, 0.6) is 0 Å². The smallest absolute Gasteiger partial charge is 0.323 e. The van der Waals surface area contributed by atoms with Crippen molar-refractivity contribution in [2.45, 2.75) is 0 Å². The number of hydrogen-bond acceptors (Lipinski definition) is 3. The number of nitrogens with zero attached hydrogens (tertiary/aromatic N) is 1. The van der Waals surface area contributed by atoms with Crippen molar-refractivity contribution in [3.63, 3.8) is 0 Å². The second kappa shape index (κ2) is 6.40. The molecule has 19 heavy (non-hydrogen) atoms. The summed E-state index contributed by atoms with van der Waals surface area (Å²) in [6.45, 7) is -1.16. The third-order valence-electron chi connectivity index (χ3n) is 2.12. The Morgan fingerprint density at radius 2 is 1.84 bits per heavy atom. The quantitative estimate of drug-likeness (QED) is 0.847. The molecule has 2 amide bonds. The zero-order valence-corrected chi connectivity index (χ0v) is 11.1. The molecule has 0 aliphatic heterocycles. The molecule has 6 nitrogen and oxygen atoms in total. The molecule has 8 heteroatoms. The summed E-state index contributed by atoms with van der Waals surface area (Å²) < 4.78 is 0. The topological polar surface area (TPSA) is 101 Å². The van der Waals surface area contributed by atoms with Crippen molar-refractivity contribution < 1.29 is 19.5 Å². The van der Waals surface area contributed by atoms with Gasteiger partial charge in [-0.05, 0) is 18.2 Å². The second-order valence-electron chi connectivity index (χ2n) is 3.65. The van der Waals surface area contributed by atoms with Crippen LogP contribution < -0.4 is 5.73 Å². The molecular formula is C11H10Cl2N2O4. The van der Waals surface area contributed by atoms with Crippen LogP contribution in [0.25, 0.3) is 0 Å². The Labute approximate surface area is 118 Å². The molecule has 0 atom stereocenters. The molecule has 0 aliphatic rings. The Hall–Kier alpha value is -1.79. The predicted molar refractivity (Wildman–Crippen MR) is 69.2 cm³/mol. The third-order valence-corrected chi connectivity index (χ3v) is 2.67. The van der Waals surface area contributed by atoms with Crippen LogP contribution in [-0.2, 0) is 9.59 Å². The molecule has 0 fully saturated rings. The lowest BCUT2D eigenvalue weighted by molar-refractivity contribution is -0.138. The fourth-order valence-electron chi connectivity index (χ4n) is 1.38. The van der Waals surface area contributed by atoms with Gasteiger partial charge in [0.2, 0.25) is 5.91 Å². The summed E-state index contributed by atoms with van der Waals surface area (Å²) in [6, 6.07) is 4.13. The second-order valence-corrected chi connectivity index (χ2v) is 4.49. The van der Waals surface area contributed by atoms with Gasteiger partial charge in [0.1, 0.15) is 13.1 Å². The minimum Gasteiger partial charge on any atom is -0.480 e. The van der Waals surface area contributed by atoms with Gasteiger partial charge in [-0.15, -0.1) is 0 Å². The fraction of sp³-hybridized carbons (Fsp3) is 0.182. The lowest BCUT2D eigenvalue weighted by Crippen LogP contribution is -2.41. The van der Waals surface area contributed by atoms with Gasteiger partial charge in [-0.3, -0.25) is 14.4 Å². The van der Waals surface area contributed by atoms with E-state index in [2.05, 4.69) is 0 Å². The first-order valence-corrected chi connectivity index (χ1v) is 5.81. The summed E-state index contributed by atoms with van der Waals surface area (Å²) >= 11 is 11.5. The number of rotatable bonds is 5. The van der Waals surface area contributed by atoms with Crippen LogP contribution in [0.3, 0.4) is 0 Å². The van der Waals surface area contributed by atoms with E-state index in [1.54, 1.807) is 0 Å². The maximum absolute atomic E-state index is 12.1. The number of hydrogen-bond donors (Lipinski definition) is 2. The zero-order chi connectivity index (χ0) is 14.6. The minimum atomic E-state index is -1.26. The highest BCUT2D eigenvalue weighted by Crippen LogP contribution is 2.22. The number of carbonyl (C=O) groups is 3. The van der Waals surface area contributed by atoms with Gasteiger partial charge in [0.15, 0.2) is 0 Å². The van der Waals surface area contributed by atoms with Crippen molar-refractivity contribution in [1.82, 2.24) is 4.90 Å². The molecule has 0 heterocycles. The highest BCUT2D eigenvalue weighted by atomic mass is 35.5. The van der Waals surface area contributed by atoms with Crippen molar-refractivity contribution in [2.75, 3.05) is 13.1 Å². The monoisotopic (exact) mass is 304 g/mol. The van der Waals surface area contributed by atoms with Crippen molar-refractivity contribution >= 4 is 41.0 Å². The van der Waals surface area contributed by atoms with Crippen molar-refractivity contribution in [3.8, 4) is 0 Å². The van der Waals surface area contributed by atoms with Crippen LogP contribution in [0, 0.1) is 0 Å². The summed E-state index contributed by atoms with van der Waals surface area (Å²) in [5, 5.41) is 9.11. The Bertz CT molecular complexity index is 517. The normalized spacial score (nSPS) is 10.0. The van der Waals surface area contributed by atoms with E-state index in [0.717, 1.165) is 4.90 Å². The lowest BCUT2D eigenvalue weighted by Gasteiger charge is -2.19. The zero-order valence-electron chi connectivity index (χ0n) is 9.60. The summed E-state index contributed by atoms with van der Waals surface area (Å²) in [6.07, 6.45) is 0. The number of carboxylic acids is 1. The van der Waals surface area contributed by atoms with Crippen LogP contribution in [-0.4, -0.2) is 40.9 Å². The summed E-state index contributed by atoms with van der Waals surface area (Å²) in [4.78, 5) is 34.4. The molecule has 1 rings (SSSR count). The molecule has 0 aliphatic carbocycles. The maximum atomic E-state index is 12.1. The van der Waals surface area contributed by atoms with Gasteiger partial charge in [-0.1, -0.05) is 23.2 Å². The molecule has 0 bridgehead atoms. The Kier molecular flexibility index (Phi) is 5.14. The van der Waals surface area contributed by atoms with Crippen LogP contribution in [0.1, 0.15) is 10.4 Å². The number of primary amides is 1. The third kappa shape index (κ3) is 4.42. The highest BCUT2D eigenvalue weighted by molar-refractivity contribution is 6.36. The SMILES string of the molecule is NC(=O)CN(CC(=O)O)C(=O)c1ccc(Cl)cc1Cl. The van der Waals surface area contributed by atoms with Crippen LogP contribution in [0.2, 0.25) is 10.0 Å². The number of carboxylic acid groups (broad SMARTS) is 1. The van der Waals surface area contributed by atoms with Gasteiger partial charge < -0.3 is 15.7 Å². The van der Waals surface area contributed by atoms with Crippen molar-refractivity contribution in [2.24, 2.45) is 5.73 Å². The number of benzene rings is 1. The van der Waals surface area contributed by atoms with Gasteiger partial charge in [-0.2, -0.15) is 0 Å². The van der Waals surface area contributed by atoms with Crippen molar-refractivity contribution in [3.05, 3.63) is 33.8 Å². The van der Waals surface area contributed by atoms with E-state index in [1.165, 1.54) is 18.2 Å². The van der Waals surface area contributed by atoms with E-state index in [9.17, 15) is 14.4 Å². The number of aliphatic carboxylic acids is 1. The molecule has 0 spiro atoms.